The van der Waals surface area contributed by atoms with Gasteiger partial charge >= 0.3 is 0 Å². The lowest BCUT2D eigenvalue weighted by atomic mass is 9.77. The van der Waals surface area contributed by atoms with Crippen molar-refractivity contribution >= 4 is 15.9 Å². The third-order valence-corrected chi connectivity index (χ3v) is 4.36. The summed E-state index contributed by atoms with van der Waals surface area (Å²) in [6.07, 6.45) is 5.19. The van der Waals surface area contributed by atoms with E-state index in [-0.39, 0.29) is 0 Å². The molecular weight excluding hydrogens is 290 g/mol. The van der Waals surface area contributed by atoms with Gasteiger partial charge in [-0.25, -0.2) is 0 Å². The molecule has 1 saturated carbocycles. The van der Waals surface area contributed by atoms with E-state index >= 15 is 0 Å². The summed E-state index contributed by atoms with van der Waals surface area (Å²) >= 11 is 3.55. The van der Waals surface area contributed by atoms with Gasteiger partial charge in [0, 0.05) is 10.5 Å². The van der Waals surface area contributed by atoms with Crippen molar-refractivity contribution in [3.05, 3.63) is 28.2 Å². The molecule has 3 heteroatoms. The Labute approximate surface area is 118 Å². The second-order valence-electron chi connectivity index (χ2n) is 5.02. The molecule has 1 aliphatic carbocycles. The van der Waals surface area contributed by atoms with Gasteiger partial charge in [0.25, 0.3) is 0 Å². The number of halogens is 1. The predicted molar refractivity (Wildman–Crippen MR) is 79.2 cm³/mol. The molecule has 0 aliphatic heterocycles. The first-order valence-electron chi connectivity index (χ1n) is 6.80. The lowest BCUT2D eigenvalue weighted by Crippen LogP contribution is -2.41. The van der Waals surface area contributed by atoms with E-state index in [1.807, 2.05) is 12.1 Å². The van der Waals surface area contributed by atoms with Crippen LogP contribution in [0.15, 0.2) is 22.7 Å². The van der Waals surface area contributed by atoms with Gasteiger partial charge in [-0.1, -0.05) is 29.3 Å². The highest BCUT2D eigenvalue weighted by molar-refractivity contribution is 9.10. The van der Waals surface area contributed by atoms with Crippen molar-refractivity contribution in [2.24, 2.45) is 5.92 Å². The number of hydrogen-bond donors (Lipinski definition) is 1. The van der Waals surface area contributed by atoms with Crippen LogP contribution in [0, 0.1) is 5.92 Å². The van der Waals surface area contributed by atoms with Gasteiger partial charge in [-0.2, -0.15) is 0 Å². The molecule has 1 N–H and O–H groups in total. The molecule has 100 valence electrons. The molecule has 2 rings (SSSR count). The molecule has 0 heterocycles. The van der Waals surface area contributed by atoms with Crippen LogP contribution >= 0.6 is 15.9 Å². The molecule has 1 atom stereocenters. The first kappa shape index (κ1) is 13.9. The van der Waals surface area contributed by atoms with Crippen molar-refractivity contribution in [1.82, 2.24) is 5.32 Å². The minimum Gasteiger partial charge on any atom is -0.496 e. The highest BCUT2D eigenvalue weighted by Crippen LogP contribution is 2.33. The molecule has 0 bridgehead atoms. The molecule has 18 heavy (non-hydrogen) atoms. The third-order valence-electron chi connectivity index (χ3n) is 3.87. The standard InChI is InChI=1S/C15H22BrNO/c1-3-17-14(11-5-4-6-11)10-12-9-13(16)7-8-15(12)18-2/h7-9,11,14,17H,3-6,10H2,1-2H3. The number of likely N-dealkylation sites (N-methyl/N-ethyl adjacent to an activating group) is 1. The second kappa shape index (κ2) is 6.58. The van der Waals surface area contributed by atoms with Gasteiger partial charge in [0.2, 0.25) is 0 Å². The summed E-state index contributed by atoms with van der Waals surface area (Å²) in [4.78, 5) is 0. The van der Waals surface area contributed by atoms with Crippen LogP contribution in [0.25, 0.3) is 0 Å². The summed E-state index contributed by atoms with van der Waals surface area (Å²) in [5.41, 5.74) is 1.30. The number of methoxy groups -OCH3 is 1. The summed E-state index contributed by atoms with van der Waals surface area (Å²) in [5, 5.41) is 3.63. The minimum atomic E-state index is 0.590. The van der Waals surface area contributed by atoms with Gasteiger partial charge in [0.15, 0.2) is 0 Å². The molecule has 0 saturated heterocycles. The van der Waals surface area contributed by atoms with Crippen molar-refractivity contribution in [2.75, 3.05) is 13.7 Å². The zero-order valence-corrected chi connectivity index (χ0v) is 12.8. The van der Waals surface area contributed by atoms with E-state index in [4.69, 9.17) is 4.74 Å². The van der Waals surface area contributed by atoms with Crippen molar-refractivity contribution in [3.63, 3.8) is 0 Å². The van der Waals surface area contributed by atoms with E-state index in [1.165, 1.54) is 24.8 Å². The summed E-state index contributed by atoms with van der Waals surface area (Å²) in [7, 11) is 1.75. The molecule has 0 spiro atoms. The monoisotopic (exact) mass is 311 g/mol. The summed E-state index contributed by atoms with van der Waals surface area (Å²) in [6.45, 7) is 3.22. The molecule has 1 aliphatic rings. The fraction of sp³-hybridized carbons (Fsp3) is 0.600. The van der Waals surface area contributed by atoms with Crippen LogP contribution in [-0.4, -0.2) is 19.7 Å². The van der Waals surface area contributed by atoms with Crippen molar-refractivity contribution in [1.29, 1.82) is 0 Å². The molecule has 0 radical (unpaired) electrons. The number of rotatable bonds is 6. The first-order chi connectivity index (χ1) is 8.74. The van der Waals surface area contributed by atoms with Gasteiger partial charge in [0.1, 0.15) is 5.75 Å². The van der Waals surface area contributed by atoms with Crippen molar-refractivity contribution in [2.45, 2.75) is 38.6 Å². The average Bonchev–Trinajstić information content (AvgIpc) is 2.27. The normalized spacial score (nSPS) is 17.3. The van der Waals surface area contributed by atoms with Gasteiger partial charge in [-0.05, 0) is 55.5 Å². The second-order valence-corrected chi connectivity index (χ2v) is 5.93. The Morgan fingerprint density at radius 1 is 1.44 bits per heavy atom. The van der Waals surface area contributed by atoms with Gasteiger partial charge < -0.3 is 10.1 Å². The molecule has 1 aromatic rings. The molecule has 0 amide bonds. The smallest absolute Gasteiger partial charge is 0.122 e. The zero-order valence-electron chi connectivity index (χ0n) is 11.2. The van der Waals surface area contributed by atoms with E-state index in [1.54, 1.807) is 7.11 Å². The van der Waals surface area contributed by atoms with Crippen LogP contribution in [0.3, 0.4) is 0 Å². The molecule has 1 fully saturated rings. The van der Waals surface area contributed by atoms with E-state index in [2.05, 4.69) is 34.2 Å². The van der Waals surface area contributed by atoms with Gasteiger partial charge in [0.05, 0.1) is 7.11 Å². The van der Waals surface area contributed by atoms with E-state index < -0.39 is 0 Å². The van der Waals surface area contributed by atoms with Crippen LogP contribution in [0.1, 0.15) is 31.7 Å². The predicted octanol–water partition coefficient (Wildman–Crippen LogP) is 3.78. The molecule has 1 unspecified atom stereocenters. The number of hydrogen-bond acceptors (Lipinski definition) is 2. The minimum absolute atomic E-state index is 0.590. The third kappa shape index (κ3) is 3.27. The topological polar surface area (TPSA) is 21.3 Å². The molecular formula is C15H22BrNO. The summed E-state index contributed by atoms with van der Waals surface area (Å²) < 4.78 is 6.59. The van der Waals surface area contributed by atoms with Crippen LogP contribution in [0.2, 0.25) is 0 Å². The average molecular weight is 312 g/mol. The zero-order chi connectivity index (χ0) is 13.0. The molecule has 1 aromatic carbocycles. The highest BCUT2D eigenvalue weighted by atomic mass is 79.9. The van der Waals surface area contributed by atoms with Crippen LogP contribution in [0.5, 0.6) is 5.75 Å². The Morgan fingerprint density at radius 2 is 2.22 bits per heavy atom. The number of nitrogens with one attached hydrogen (secondary N) is 1. The van der Waals surface area contributed by atoms with Crippen LogP contribution in [-0.2, 0) is 6.42 Å². The number of ether oxygens (including phenoxy) is 1. The first-order valence-corrected chi connectivity index (χ1v) is 7.59. The SMILES string of the molecule is CCNC(Cc1cc(Br)ccc1OC)C1CCC1. The number of benzene rings is 1. The fourth-order valence-corrected chi connectivity index (χ4v) is 3.06. The largest absolute Gasteiger partial charge is 0.496 e. The summed E-state index contributed by atoms with van der Waals surface area (Å²) in [5.74, 6) is 1.84. The Morgan fingerprint density at radius 3 is 2.78 bits per heavy atom. The van der Waals surface area contributed by atoms with Crippen molar-refractivity contribution < 1.29 is 4.74 Å². The maximum atomic E-state index is 5.46. The Hall–Kier alpha value is -0.540. The lowest BCUT2D eigenvalue weighted by Gasteiger charge is -2.34. The fourth-order valence-electron chi connectivity index (χ4n) is 2.65. The molecule has 2 nitrogen and oxygen atoms in total. The lowest BCUT2D eigenvalue weighted by molar-refractivity contribution is 0.228. The quantitative estimate of drug-likeness (QED) is 0.863. The summed E-state index contributed by atoms with van der Waals surface area (Å²) in [6, 6.07) is 6.85. The van der Waals surface area contributed by atoms with E-state index in [0.29, 0.717) is 6.04 Å². The van der Waals surface area contributed by atoms with E-state index in [9.17, 15) is 0 Å². The maximum Gasteiger partial charge on any atom is 0.122 e. The van der Waals surface area contributed by atoms with Gasteiger partial charge in [-0.15, -0.1) is 0 Å². The Balaban J connectivity index is 2.11. The maximum absolute atomic E-state index is 5.46. The van der Waals surface area contributed by atoms with Gasteiger partial charge in [-0.3, -0.25) is 0 Å². The van der Waals surface area contributed by atoms with Crippen LogP contribution < -0.4 is 10.1 Å². The van der Waals surface area contributed by atoms with Crippen LogP contribution in [0.4, 0.5) is 0 Å². The van der Waals surface area contributed by atoms with E-state index in [0.717, 1.165) is 29.1 Å². The Kier molecular flexibility index (Phi) is 5.07. The highest BCUT2D eigenvalue weighted by Gasteiger charge is 2.27. The van der Waals surface area contributed by atoms with Crippen molar-refractivity contribution in [3.8, 4) is 5.75 Å². The Bertz CT molecular complexity index is 390. The molecule has 0 aromatic heterocycles.